The van der Waals surface area contributed by atoms with E-state index in [0.717, 1.165) is 30.0 Å². The summed E-state index contributed by atoms with van der Waals surface area (Å²) in [5.74, 6) is -1.71. The standard InChI is InChI=1S/C39H44F4N6O4/c1-36(2,3)34(51)47-38(17-16-24-12-13-24,27-10-8-18-44-23-27)26-14-15-29(40)30(20-26)46-33(50)31-21-32(39(41,42)43)48-49(31)28-11-7-9-25(19-28)22-45-35(52)53-37(4,5)6/h7-11,14-15,18-21,23-24H,12-13,16-17,22H2,1-6H3,(H,45,52)(H,46,50)(H,47,51). The maximum Gasteiger partial charge on any atom is 0.435 e. The first-order valence-electron chi connectivity index (χ1n) is 17.3. The van der Waals surface area contributed by atoms with Crippen molar-refractivity contribution in [3.63, 3.8) is 0 Å². The third kappa shape index (κ3) is 9.79. The van der Waals surface area contributed by atoms with E-state index < -0.39 is 51.9 Å². The van der Waals surface area contributed by atoms with Crippen molar-refractivity contribution in [1.82, 2.24) is 25.4 Å². The van der Waals surface area contributed by atoms with Gasteiger partial charge in [0, 0.05) is 36.0 Å². The molecule has 5 rings (SSSR count). The number of aromatic nitrogens is 3. The maximum atomic E-state index is 15.6. The predicted octanol–water partition coefficient (Wildman–Crippen LogP) is 8.30. The zero-order valence-corrected chi connectivity index (χ0v) is 30.5. The Morgan fingerprint density at radius 2 is 1.66 bits per heavy atom. The number of rotatable bonds is 11. The second kappa shape index (κ2) is 15.0. The molecule has 1 unspecified atom stereocenters. The molecule has 282 valence electrons. The van der Waals surface area contributed by atoms with Crippen molar-refractivity contribution in [2.45, 2.75) is 91.1 Å². The number of nitrogens with zero attached hydrogens (tertiary/aromatic N) is 3. The number of nitrogens with one attached hydrogen (secondary N) is 3. The number of amides is 3. The van der Waals surface area contributed by atoms with Gasteiger partial charge in [0.05, 0.1) is 16.9 Å². The van der Waals surface area contributed by atoms with Crippen molar-refractivity contribution in [2.24, 2.45) is 11.3 Å². The Morgan fingerprint density at radius 1 is 0.925 bits per heavy atom. The number of carbonyl (C=O) groups excluding carboxylic acids is 3. The molecule has 2 heterocycles. The molecule has 0 radical (unpaired) electrons. The van der Waals surface area contributed by atoms with Crippen molar-refractivity contribution >= 4 is 23.6 Å². The average molecular weight is 737 g/mol. The highest BCUT2D eigenvalue weighted by atomic mass is 19.4. The van der Waals surface area contributed by atoms with E-state index in [4.69, 9.17) is 4.74 Å². The number of alkyl halides is 3. The zero-order valence-electron chi connectivity index (χ0n) is 30.5. The van der Waals surface area contributed by atoms with Gasteiger partial charge in [-0.3, -0.25) is 14.6 Å². The SMILES string of the molecule is CC(C)(C)OC(=O)NCc1cccc(-n2nc(C(F)(F)F)cc2C(=O)Nc2cc(C(CCC3CC3)(NC(=O)C(C)(C)C)c3cccnc3)ccc2F)c1. The van der Waals surface area contributed by atoms with Crippen molar-refractivity contribution in [3.05, 3.63) is 107 Å². The summed E-state index contributed by atoms with van der Waals surface area (Å²) in [5, 5.41) is 11.9. The topological polar surface area (TPSA) is 127 Å². The van der Waals surface area contributed by atoms with Crippen molar-refractivity contribution < 1.29 is 36.7 Å². The van der Waals surface area contributed by atoms with Gasteiger partial charge in [0.25, 0.3) is 5.91 Å². The summed E-state index contributed by atoms with van der Waals surface area (Å²) in [6, 6.07) is 14.3. The van der Waals surface area contributed by atoms with E-state index in [1.165, 1.54) is 30.3 Å². The number of hydrogen-bond acceptors (Lipinski definition) is 6. The fraction of sp³-hybridized carbons (Fsp3) is 0.410. The number of pyridine rings is 1. The van der Waals surface area contributed by atoms with Crippen LogP contribution in [0.3, 0.4) is 0 Å². The molecule has 0 bridgehead atoms. The van der Waals surface area contributed by atoms with Gasteiger partial charge >= 0.3 is 12.3 Å². The number of benzene rings is 2. The molecule has 3 N–H and O–H groups in total. The highest BCUT2D eigenvalue weighted by Crippen LogP contribution is 2.42. The molecule has 1 saturated carbocycles. The van der Waals surface area contributed by atoms with Crippen LogP contribution in [-0.2, 0) is 27.8 Å². The summed E-state index contributed by atoms with van der Waals surface area (Å²) < 4.78 is 63.6. The summed E-state index contributed by atoms with van der Waals surface area (Å²) >= 11 is 0. The molecule has 1 fully saturated rings. The summed E-state index contributed by atoms with van der Waals surface area (Å²) in [4.78, 5) is 43.9. The maximum absolute atomic E-state index is 15.6. The molecule has 1 aliphatic carbocycles. The minimum absolute atomic E-state index is 0.0269. The predicted molar refractivity (Wildman–Crippen MR) is 191 cm³/mol. The second-order valence-corrected chi connectivity index (χ2v) is 15.3. The molecule has 0 aliphatic heterocycles. The van der Waals surface area contributed by atoms with E-state index in [0.29, 0.717) is 35.1 Å². The second-order valence-electron chi connectivity index (χ2n) is 15.3. The van der Waals surface area contributed by atoms with Gasteiger partial charge in [0.2, 0.25) is 5.91 Å². The van der Waals surface area contributed by atoms with Crippen LogP contribution in [0, 0.1) is 17.2 Å². The number of ether oxygens (including phenoxy) is 1. The lowest BCUT2D eigenvalue weighted by Crippen LogP contribution is -2.50. The summed E-state index contributed by atoms with van der Waals surface area (Å²) in [7, 11) is 0. The van der Waals surface area contributed by atoms with Gasteiger partial charge in [0.15, 0.2) is 5.69 Å². The van der Waals surface area contributed by atoms with Gasteiger partial charge in [-0.2, -0.15) is 18.3 Å². The monoisotopic (exact) mass is 736 g/mol. The molecule has 1 atom stereocenters. The third-order valence-corrected chi connectivity index (χ3v) is 8.72. The van der Waals surface area contributed by atoms with Gasteiger partial charge in [-0.25, -0.2) is 13.9 Å². The molecule has 10 nitrogen and oxygen atoms in total. The first kappa shape index (κ1) is 38.9. The van der Waals surface area contributed by atoms with Crippen molar-refractivity contribution in [3.8, 4) is 5.69 Å². The van der Waals surface area contributed by atoms with Crippen LogP contribution in [-0.4, -0.2) is 38.3 Å². The van der Waals surface area contributed by atoms with Crippen LogP contribution in [0.4, 0.5) is 28.0 Å². The number of hydrogen-bond donors (Lipinski definition) is 3. The van der Waals surface area contributed by atoms with Crippen molar-refractivity contribution in [1.29, 1.82) is 0 Å². The average Bonchev–Trinajstić information content (AvgIpc) is 3.79. The first-order chi connectivity index (χ1) is 24.7. The Morgan fingerprint density at radius 3 is 2.28 bits per heavy atom. The first-order valence-corrected chi connectivity index (χ1v) is 17.3. The van der Waals surface area contributed by atoms with Crippen LogP contribution in [0.5, 0.6) is 0 Å². The molecule has 0 saturated heterocycles. The Labute approximate surface area is 305 Å². The lowest BCUT2D eigenvalue weighted by atomic mass is 9.77. The number of anilines is 1. The summed E-state index contributed by atoms with van der Waals surface area (Å²) in [5.41, 5.74) is -3.20. The number of halogens is 4. The van der Waals surface area contributed by atoms with Gasteiger partial charge in [0.1, 0.15) is 17.1 Å². The van der Waals surface area contributed by atoms with Crippen molar-refractivity contribution in [2.75, 3.05) is 5.32 Å². The van der Waals surface area contributed by atoms with Crippen LogP contribution in [0.1, 0.15) is 100 Å². The lowest BCUT2D eigenvalue weighted by molar-refractivity contribution is -0.141. The van der Waals surface area contributed by atoms with E-state index in [1.54, 1.807) is 66.1 Å². The van der Waals surface area contributed by atoms with E-state index in [9.17, 15) is 27.6 Å². The lowest BCUT2D eigenvalue weighted by Gasteiger charge is -2.38. The fourth-order valence-corrected chi connectivity index (χ4v) is 5.72. The van der Waals surface area contributed by atoms with E-state index >= 15 is 4.39 Å². The molecule has 2 aromatic heterocycles. The summed E-state index contributed by atoms with van der Waals surface area (Å²) in [6.45, 7) is 10.4. The number of carbonyl (C=O) groups is 3. The van der Waals surface area contributed by atoms with Gasteiger partial charge < -0.3 is 20.7 Å². The van der Waals surface area contributed by atoms with Crippen LogP contribution in [0.2, 0.25) is 0 Å². The van der Waals surface area contributed by atoms with Crippen LogP contribution < -0.4 is 16.0 Å². The molecule has 4 aromatic rings. The van der Waals surface area contributed by atoms with Gasteiger partial charge in [-0.05, 0) is 81.0 Å². The molecule has 14 heteroatoms. The Kier molecular flexibility index (Phi) is 11.0. The van der Waals surface area contributed by atoms with E-state index in [2.05, 4.69) is 26.0 Å². The largest absolute Gasteiger partial charge is 0.444 e. The molecular weight excluding hydrogens is 692 g/mol. The molecule has 2 aromatic carbocycles. The van der Waals surface area contributed by atoms with Crippen LogP contribution in [0.15, 0.2) is 73.1 Å². The molecular formula is C39H44F4N6O4. The molecule has 0 spiro atoms. The highest BCUT2D eigenvalue weighted by molar-refractivity contribution is 6.03. The molecule has 3 amide bonds. The Balaban J connectivity index is 1.52. The Bertz CT molecular complexity index is 1960. The highest BCUT2D eigenvalue weighted by Gasteiger charge is 2.41. The normalized spacial score (nSPS) is 14.6. The minimum atomic E-state index is -4.91. The Hall–Kier alpha value is -5.27. The van der Waals surface area contributed by atoms with Gasteiger partial charge in [-0.15, -0.1) is 0 Å². The van der Waals surface area contributed by atoms with E-state index in [-0.39, 0.29) is 23.8 Å². The van der Waals surface area contributed by atoms with E-state index in [1.807, 2.05) is 6.07 Å². The summed E-state index contributed by atoms with van der Waals surface area (Å²) in [6.07, 6.45) is 0.945. The van der Waals surface area contributed by atoms with Crippen LogP contribution in [0.25, 0.3) is 5.69 Å². The molecule has 53 heavy (non-hydrogen) atoms. The smallest absolute Gasteiger partial charge is 0.435 e. The zero-order chi connectivity index (χ0) is 38.8. The molecule has 1 aliphatic rings. The van der Waals surface area contributed by atoms with Gasteiger partial charge in [-0.1, -0.05) is 57.9 Å². The number of alkyl carbamates (subject to hydrolysis) is 1. The minimum Gasteiger partial charge on any atom is -0.444 e. The van der Waals surface area contributed by atoms with Crippen LogP contribution >= 0.6 is 0 Å². The third-order valence-electron chi connectivity index (χ3n) is 8.72. The quantitative estimate of drug-likeness (QED) is 0.133. The fourth-order valence-electron chi connectivity index (χ4n) is 5.72.